The van der Waals surface area contributed by atoms with E-state index in [0.717, 1.165) is 31.3 Å². The second-order valence-electron chi connectivity index (χ2n) is 9.21. The molecule has 0 bridgehead atoms. The Morgan fingerprint density at radius 2 is 1.66 bits per heavy atom. The highest BCUT2D eigenvalue weighted by atomic mass is 32.2. The summed E-state index contributed by atoms with van der Waals surface area (Å²) >= 11 is 0. The molecular weight excluding hydrogens is 504 g/mol. The molecule has 3 N–H and O–H groups in total. The van der Waals surface area contributed by atoms with Crippen LogP contribution < -0.4 is 14.8 Å². The summed E-state index contributed by atoms with van der Waals surface area (Å²) < 4.78 is 32.5. The summed E-state index contributed by atoms with van der Waals surface area (Å²) in [5.74, 6) is 0.395. The number of ether oxygens (including phenoxy) is 1. The highest BCUT2D eigenvalue weighted by molar-refractivity contribution is 7.89. The summed E-state index contributed by atoms with van der Waals surface area (Å²) in [7, 11) is 0.804. The number of sulfonamides is 1. The zero-order valence-electron chi connectivity index (χ0n) is 22.2. The van der Waals surface area contributed by atoms with Gasteiger partial charge in [0.05, 0.1) is 17.6 Å². The lowest BCUT2D eigenvalue weighted by molar-refractivity contribution is -0.896. The minimum absolute atomic E-state index is 0.00897. The summed E-state index contributed by atoms with van der Waals surface area (Å²) in [6.45, 7) is 5.73. The lowest BCUT2D eigenvalue weighted by Gasteiger charge is -2.14. The van der Waals surface area contributed by atoms with Crippen LogP contribution in [0.1, 0.15) is 27.3 Å². The number of imidazole rings is 1. The molecule has 0 radical (unpaired) electrons. The number of benzene rings is 3. The number of aryl methyl sites for hydroxylation is 3. The fourth-order valence-electron chi connectivity index (χ4n) is 4.45. The third-order valence-electron chi connectivity index (χ3n) is 6.39. The molecule has 0 saturated heterocycles. The van der Waals surface area contributed by atoms with E-state index < -0.39 is 15.9 Å². The molecule has 198 valence electrons. The van der Waals surface area contributed by atoms with Gasteiger partial charge < -0.3 is 15.3 Å². The number of aromatic nitrogens is 2. The van der Waals surface area contributed by atoms with E-state index in [2.05, 4.69) is 10.3 Å². The molecule has 10 heteroatoms. The summed E-state index contributed by atoms with van der Waals surface area (Å²) in [4.78, 5) is 16.3. The van der Waals surface area contributed by atoms with Gasteiger partial charge >= 0.3 is 11.7 Å². The van der Waals surface area contributed by atoms with E-state index in [9.17, 15) is 18.4 Å². The van der Waals surface area contributed by atoms with Crippen LogP contribution in [0.3, 0.4) is 0 Å². The zero-order chi connectivity index (χ0) is 27.8. The first kappa shape index (κ1) is 26.9. The molecule has 1 amide bonds. The Balaban J connectivity index is 1.72. The second-order valence-corrected chi connectivity index (χ2v) is 11.4. The van der Waals surface area contributed by atoms with Crippen molar-refractivity contribution in [1.29, 1.82) is 0 Å². The minimum atomic E-state index is -3.68. The molecule has 0 aliphatic rings. The Bertz CT molecular complexity index is 1620. The lowest BCUT2D eigenvalue weighted by atomic mass is 9.93. The molecule has 0 fully saturated rings. The summed E-state index contributed by atoms with van der Waals surface area (Å²) in [6.07, 6.45) is 0. The summed E-state index contributed by atoms with van der Waals surface area (Å²) in [5.41, 5.74) is 5.40. The maximum absolute atomic E-state index is 13.2. The molecule has 38 heavy (non-hydrogen) atoms. The number of H-pyrrole nitrogens is 1. The van der Waals surface area contributed by atoms with Gasteiger partial charge in [0.25, 0.3) is 5.69 Å². The number of hydrogen-bond donors (Lipinski definition) is 3. The molecule has 1 heterocycles. The summed E-state index contributed by atoms with van der Waals surface area (Å²) in [5, 5.41) is 13.7. The van der Waals surface area contributed by atoms with Gasteiger partial charge in [0.1, 0.15) is 5.75 Å². The lowest BCUT2D eigenvalue weighted by Crippen LogP contribution is -2.39. The number of carbonyl (C=O) groups is 1. The Kier molecular flexibility index (Phi) is 7.30. The van der Waals surface area contributed by atoms with Crippen LogP contribution in [-0.4, -0.2) is 50.0 Å². The molecule has 0 aliphatic heterocycles. The molecule has 0 aliphatic carbocycles. The number of nitrogens with one attached hydrogen (secondary N) is 2. The zero-order valence-corrected chi connectivity index (χ0v) is 23.0. The topological polar surface area (TPSA) is 116 Å². The van der Waals surface area contributed by atoms with Gasteiger partial charge in [-0.05, 0) is 71.7 Å². The number of hydrogen-bond acceptors (Lipinski definition) is 5. The van der Waals surface area contributed by atoms with Crippen molar-refractivity contribution in [1.82, 2.24) is 9.29 Å². The van der Waals surface area contributed by atoms with Gasteiger partial charge in [-0.15, -0.1) is 0 Å². The van der Waals surface area contributed by atoms with Crippen LogP contribution in [0.15, 0.2) is 65.6 Å². The highest BCUT2D eigenvalue weighted by Crippen LogP contribution is 2.37. The average Bonchev–Trinajstić information content (AvgIpc) is 3.17. The molecule has 0 atom stereocenters. The molecule has 0 unspecified atom stereocenters. The molecule has 0 saturated carbocycles. The Morgan fingerprint density at radius 3 is 2.29 bits per heavy atom. The number of methoxy groups -OCH3 is 1. The Morgan fingerprint density at radius 1 is 1.00 bits per heavy atom. The van der Waals surface area contributed by atoms with Gasteiger partial charge in [-0.25, -0.2) is 17.7 Å². The number of amides is 1. The van der Waals surface area contributed by atoms with E-state index in [0.29, 0.717) is 22.8 Å². The second kappa shape index (κ2) is 10.3. The Hall–Kier alpha value is -4.15. The van der Waals surface area contributed by atoms with Crippen molar-refractivity contribution in [3.05, 3.63) is 83.2 Å². The fourth-order valence-corrected chi connectivity index (χ4v) is 5.39. The predicted molar refractivity (Wildman–Crippen MR) is 145 cm³/mol. The molecule has 4 rings (SSSR count). The smallest absolute Gasteiger partial charge is 0.327 e. The standard InChI is InChI=1S/C28H30N4O5S/c1-17-9-7-10-18(2)25(17)23-15-20(13-14-24(23)37-6)27-29-19(3)26(32(27)34)28(33)30-21-11-8-12-22(16-21)38(35,36)31(4)5/h7-16,34H,1-6H3,(H,30,33)/p+1. The molecule has 3 aromatic carbocycles. The fraction of sp³-hybridized carbons (Fsp3) is 0.214. The number of carbonyl (C=O) groups excluding carboxylic acids is 1. The van der Waals surface area contributed by atoms with Crippen LogP contribution in [0.2, 0.25) is 0 Å². The summed E-state index contributed by atoms with van der Waals surface area (Å²) in [6, 6.07) is 17.5. The van der Waals surface area contributed by atoms with Crippen molar-refractivity contribution < 1.29 is 27.9 Å². The van der Waals surface area contributed by atoms with Crippen LogP contribution >= 0.6 is 0 Å². The monoisotopic (exact) mass is 535 g/mol. The van der Waals surface area contributed by atoms with E-state index >= 15 is 0 Å². The molecule has 4 aromatic rings. The van der Waals surface area contributed by atoms with Crippen LogP contribution in [0.5, 0.6) is 5.75 Å². The van der Waals surface area contributed by atoms with Crippen LogP contribution in [-0.2, 0) is 10.0 Å². The Labute approximate surface area is 222 Å². The van der Waals surface area contributed by atoms with E-state index in [-0.39, 0.29) is 16.3 Å². The number of nitrogens with zero attached hydrogens (tertiary/aromatic N) is 2. The van der Waals surface area contributed by atoms with Gasteiger partial charge in [-0.3, -0.25) is 4.79 Å². The largest absolute Gasteiger partial charge is 0.496 e. The maximum atomic E-state index is 13.2. The van der Waals surface area contributed by atoms with Crippen molar-refractivity contribution in [3.63, 3.8) is 0 Å². The van der Waals surface area contributed by atoms with Gasteiger partial charge in [-0.1, -0.05) is 24.3 Å². The maximum Gasteiger partial charge on any atom is 0.327 e. The van der Waals surface area contributed by atoms with Crippen molar-refractivity contribution in [2.45, 2.75) is 25.7 Å². The molecule has 1 aromatic heterocycles. The van der Waals surface area contributed by atoms with Gasteiger partial charge in [0.2, 0.25) is 10.0 Å². The minimum Gasteiger partial charge on any atom is -0.496 e. The highest BCUT2D eigenvalue weighted by Gasteiger charge is 2.30. The van der Waals surface area contributed by atoms with Crippen LogP contribution in [0.4, 0.5) is 5.69 Å². The quantitative estimate of drug-likeness (QED) is 0.241. The van der Waals surface area contributed by atoms with Crippen LogP contribution in [0.25, 0.3) is 22.5 Å². The van der Waals surface area contributed by atoms with E-state index in [1.165, 1.54) is 26.2 Å². The molecular formula is C28H31N4O5S+. The first-order valence-corrected chi connectivity index (χ1v) is 13.3. The first-order valence-electron chi connectivity index (χ1n) is 11.9. The van der Waals surface area contributed by atoms with E-state index in [1.54, 1.807) is 32.2 Å². The van der Waals surface area contributed by atoms with Gasteiger partial charge in [-0.2, -0.15) is 0 Å². The average molecular weight is 536 g/mol. The number of aromatic amines is 1. The first-order chi connectivity index (χ1) is 17.9. The van der Waals surface area contributed by atoms with Crippen molar-refractivity contribution in [3.8, 4) is 28.3 Å². The third-order valence-corrected chi connectivity index (χ3v) is 8.20. The predicted octanol–water partition coefficient (Wildman–Crippen LogP) is 4.31. The molecule has 0 spiro atoms. The van der Waals surface area contributed by atoms with Crippen molar-refractivity contribution in [2.24, 2.45) is 0 Å². The third kappa shape index (κ3) is 4.88. The van der Waals surface area contributed by atoms with Crippen molar-refractivity contribution in [2.75, 3.05) is 26.5 Å². The molecule has 9 nitrogen and oxygen atoms in total. The SMILES string of the molecule is COc1ccc(-c2[nH]c(C)c(C(=O)Nc3cccc(S(=O)(=O)N(C)C)c3)[n+]2O)cc1-c1c(C)cccc1C. The van der Waals surface area contributed by atoms with Crippen LogP contribution in [0, 0.1) is 20.8 Å². The van der Waals surface area contributed by atoms with E-state index in [4.69, 9.17) is 4.74 Å². The van der Waals surface area contributed by atoms with E-state index in [1.807, 2.05) is 44.2 Å². The van der Waals surface area contributed by atoms with Gasteiger partial charge in [0.15, 0.2) is 5.69 Å². The number of anilines is 1. The normalized spacial score (nSPS) is 11.6. The number of rotatable bonds is 7. The van der Waals surface area contributed by atoms with Gasteiger partial charge in [0, 0.05) is 32.3 Å². The van der Waals surface area contributed by atoms with Crippen molar-refractivity contribution >= 4 is 21.6 Å².